The molecular formula is C15H19N5O. The van der Waals surface area contributed by atoms with Crippen molar-refractivity contribution in [2.24, 2.45) is 0 Å². The summed E-state index contributed by atoms with van der Waals surface area (Å²) in [6.45, 7) is 3.41. The van der Waals surface area contributed by atoms with E-state index >= 15 is 0 Å². The van der Waals surface area contributed by atoms with Crippen LogP contribution in [0.15, 0.2) is 36.7 Å². The van der Waals surface area contributed by atoms with Crippen molar-refractivity contribution < 1.29 is 4.79 Å². The summed E-state index contributed by atoms with van der Waals surface area (Å²) < 4.78 is 0. The molecule has 0 spiro atoms. The molecule has 0 saturated heterocycles. The molecule has 0 radical (unpaired) electrons. The number of rotatable bonds is 7. The van der Waals surface area contributed by atoms with E-state index in [9.17, 15) is 4.79 Å². The first-order valence-electron chi connectivity index (χ1n) is 7.04. The van der Waals surface area contributed by atoms with E-state index in [1.54, 1.807) is 24.5 Å². The maximum Gasteiger partial charge on any atom is 0.272 e. The second-order valence-electron chi connectivity index (χ2n) is 4.63. The first-order valence-corrected chi connectivity index (χ1v) is 7.04. The SMILES string of the molecule is CCCCNc1ccc(C(=O)NCc2cccnc2)nn1. The molecule has 6 nitrogen and oxygen atoms in total. The third-order valence-corrected chi connectivity index (χ3v) is 2.91. The maximum atomic E-state index is 11.9. The number of amides is 1. The van der Waals surface area contributed by atoms with Gasteiger partial charge in [0.15, 0.2) is 5.69 Å². The van der Waals surface area contributed by atoms with Crippen molar-refractivity contribution in [3.8, 4) is 0 Å². The van der Waals surface area contributed by atoms with Crippen LogP contribution in [0.2, 0.25) is 0 Å². The molecule has 2 N–H and O–H groups in total. The highest BCUT2D eigenvalue weighted by atomic mass is 16.1. The molecule has 0 saturated carbocycles. The number of nitrogens with zero attached hydrogens (tertiary/aromatic N) is 3. The number of nitrogens with one attached hydrogen (secondary N) is 2. The minimum Gasteiger partial charge on any atom is -0.369 e. The van der Waals surface area contributed by atoms with Gasteiger partial charge in [0.25, 0.3) is 5.91 Å². The van der Waals surface area contributed by atoms with Crippen LogP contribution in [0.5, 0.6) is 0 Å². The van der Waals surface area contributed by atoms with Crippen molar-refractivity contribution in [3.05, 3.63) is 47.9 Å². The fourth-order valence-corrected chi connectivity index (χ4v) is 1.72. The predicted molar refractivity (Wildman–Crippen MR) is 80.8 cm³/mol. The van der Waals surface area contributed by atoms with Crippen molar-refractivity contribution in [1.82, 2.24) is 20.5 Å². The number of hydrogen-bond donors (Lipinski definition) is 2. The smallest absolute Gasteiger partial charge is 0.272 e. The van der Waals surface area contributed by atoms with E-state index in [-0.39, 0.29) is 5.91 Å². The van der Waals surface area contributed by atoms with E-state index in [4.69, 9.17) is 0 Å². The number of carbonyl (C=O) groups is 1. The van der Waals surface area contributed by atoms with Gasteiger partial charge in [0.05, 0.1) is 0 Å². The lowest BCUT2D eigenvalue weighted by molar-refractivity contribution is 0.0945. The normalized spacial score (nSPS) is 10.1. The molecule has 0 unspecified atom stereocenters. The molecular weight excluding hydrogens is 266 g/mol. The highest BCUT2D eigenvalue weighted by Crippen LogP contribution is 2.03. The van der Waals surface area contributed by atoms with Crippen LogP contribution in [0.25, 0.3) is 0 Å². The van der Waals surface area contributed by atoms with Crippen LogP contribution in [-0.2, 0) is 6.54 Å². The predicted octanol–water partition coefficient (Wildman–Crippen LogP) is 2.01. The summed E-state index contributed by atoms with van der Waals surface area (Å²) in [7, 11) is 0. The Hall–Kier alpha value is -2.50. The van der Waals surface area contributed by atoms with Gasteiger partial charge in [-0.1, -0.05) is 19.4 Å². The van der Waals surface area contributed by atoms with Crippen LogP contribution in [-0.4, -0.2) is 27.6 Å². The first-order chi connectivity index (χ1) is 10.3. The highest BCUT2D eigenvalue weighted by Gasteiger charge is 2.07. The van der Waals surface area contributed by atoms with Gasteiger partial charge in [0, 0.05) is 25.5 Å². The molecule has 2 heterocycles. The molecule has 0 atom stereocenters. The summed E-state index contributed by atoms with van der Waals surface area (Å²) in [5.74, 6) is 0.443. The Morgan fingerprint density at radius 3 is 2.81 bits per heavy atom. The van der Waals surface area contributed by atoms with Gasteiger partial charge in [-0.25, -0.2) is 0 Å². The number of unbranched alkanes of at least 4 members (excludes halogenated alkanes) is 1. The van der Waals surface area contributed by atoms with Crippen LogP contribution >= 0.6 is 0 Å². The zero-order valence-electron chi connectivity index (χ0n) is 12.0. The Morgan fingerprint density at radius 2 is 2.14 bits per heavy atom. The summed E-state index contributed by atoms with van der Waals surface area (Å²) in [6, 6.07) is 7.17. The van der Waals surface area contributed by atoms with Gasteiger partial charge in [0.2, 0.25) is 0 Å². The minimum absolute atomic E-state index is 0.244. The van der Waals surface area contributed by atoms with E-state index in [0.717, 1.165) is 24.9 Å². The lowest BCUT2D eigenvalue weighted by atomic mass is 10.3. The number of pyridine rings is 1. The quantitative estimate of drug-likeness (QED) is 0.761. The van der Waals surface area contributed by atoms with E-state index in [1.807, 2.05) is 12.1 Å². The summed E-state index contributed by atoms with van der Waals surface area (Å²) in [4.78, 5) is 15.9. The molecule has 0 fully saturated rings. The molecule has 0 bridgehead atoms. The second kappa shape index (κ2) is 7.94. The molecule has 0 aliphatic rings. The number of carbonyl (C=O) groups excluding carboxylic acids is 1. The van der Waals surface area contributed by atoms with E-state index < -0.39 is 0 Å². The summed E-state index contributed by atoms with van der Waals surface area (Å²) in [5, 5.41) is 13.9. The van der Waals surface area contributed by atoms with Gasteiger partial charge >= 0.3 is 0 Å². The van der Waals surface area contributed by atoms with Crippen molar-refractivity contribution in [3.63, 3.8) is 0 Å². The van der Waals surface area contributed by atoms with E-state index in [1.165, 1.54) is 0 Å². The summed E-state index contributed by atoms with van der Waals surface area (Å²) >= 11 is 0. The fraction of sp³-hybridized carbons (Fsp3) is 0.333. The van der Waals surface area contributed by atoms with Gasteiger partial charge in [-0.05, 0) is 30.2 Å². The van der Waals surface area contributed by atoms with Gasteiger partial charge in [-0.2, -0.15) is 0 Å². The van der Waals surface area contributed by atoms with Crippen molar-refractivity contribution in [2.45, 2.75) is 26.3 Å². The van der Waals surface area contributed by atoms with Crippen LogP contribution in [0.4, 0.5) is 5.82 Å². The average Bonchev–Trinajstić information content (AvgIpc) is 2.54. The van der Waals surface area contributed by atoms with Crippen LogP contribution in [0, 0.1) is 0 Å². The first kappa shape index (κ1) is 14.9. The Morgan fingerprint density at radius 1 is 1.24 bits per heavy atom. The summed E-state index contributed by atoms with van der Waals surface area (Å²) in [6.07, 6.45) is 5.61. The average molecular weight is 285 g/mol. The molecule has 2 rings (SSSR count). The largest absolute Gasteiger partial charge is 0.369 e. The summed E-state index contributed by atoms with van der Waals surface area (Å²) in [5.41, 5.74) is 1.25. The Bertz CT molecular complexity index is 556. The number of anilines is 1. The molecule has 0 aliphatic carbocycles. The lowest BCUT2D eigenvalue weighted by Gasteiger charge is -2.06. The third-order valence-electron chi connectivity index (χ3n) is 2.91. The van der Waals surface area contributed by atoms with E-state index in [2.05, 4.69) is 32.7 Å². The number of hydrogen-bond acceptors (Lipinski definition) is 5. The molecule has 2 aromatic heterocycles. The highest BCUT2D eigenvalue weighted by molar-refractivity contribution is 5.92. The monoisotopic (exact) mass is 285 g/mol. The van der Waals surface area contributed by atoms with Crippen molar-refractivity contribution in [1.29, 1.82) is 0 Å². The molecule has 6 heteroatoms. The number of aromatic nitrogens is 3. The Kier molecular flexibility index (Phi) is 5.63. The minimum atomic E-state index is -0.244. The Labute approximate surface area is 124 Å². The van der Waals surface area contributed by atoms with Crippen molar-refractivity contribution >= 4 is 11.7 Å². The zero-order chi connectivity index (χ0) is 14.9. The van der Waals surface area contributed by atoms with Gasteiger partial charge in [0.1, 0.15) is 5.82 Å². The van der Waals surface area contributed by atoms with Gasteiger partial charge < -0.3 is 10.6 Å². The molecule has 0 aromatic carbocycles. The van der Waals surface area contributed by atoms with Crippen LogP contribution in [0.3, 0.4) is 0 Å². The molecule has 0 aliphatic heterocycles. The molecule has 21 heavy (non-hydrogen) atoms. The third kappa shape index (κ3) is 4.83. The standard InChI is InChI=1S/C15H19N5O/c1-2-3-9-17-14-7-6-13(19-20-14)15(21)18-11-12-5-4-8-16-10-12/h4-8,10H,2-3,9,11H2,1H3,(H,17,20)(H,18,21). The van der Waals surface area contributed by atoms with Crippen molar-refractivity contribution in [2.75, 3.05) is 11.9 Å². The molecule has 2 aromatic rings. The van der Waals surface area contributed by atoms with Gasteiger partial charge in [-0.15, -0.1) is 10.2 Å². The lowest BCUT2D eigenvalue weighted by Crippen LogP contribution is -2.24. The molecule has 110 valence electrons. The van der Waals surface area contributed by atoms with Gasteiger partial charge in [-0.3, -0.25) is 9.78 Å². The fourth-order valence-electron chi connectivity index (χ4n) is 1.72. The topological polar surface area (TPSA) is 79.8 Å². The van der Waals surface area contributed by atoms with E-state index in [0.29, 0.717) is 18.1 Å². The Balaban J connectivity index is 1.85. The molecule has 1 amide bonds. The maximum absolute atomic E-state index is 11.9. The second-order valence-corrected chi connectivity index (χ2v) is 4.63. The van der Waals surface area contributed by atoms with Crippen LogP contribution in [0.1, 0.15) is 35.8 Å². The van der Waals surface area contributed by atoms with Crippen LogP contribution < -0.4 is 10.6 Å². The zero-order valence-corrected chi connectivity index (χ0v) is 12.0.